The van der Waals surface area contributed by atoms with E-state index < -0.39 is 37.7 Å². The fourth-order valence-electron chi connectivity index (χ4n) is 13.6. The molecule has 0 N–H and O–H groups in total. The number of halogens is 2. The number of hydrogen-bond donors (Lipinski definition) is 0. The van der Waals surface area contributed by atoms with Crippen LogP contribution in [0.25, 0.3) is 0 Å². The first-order chi connectivity index (χ1) is 70.3. The molecular formula is C129H136BrClO18. The predicted octanol–water partition coefficient (Wildman–Crippen LogP) is 35.5. The van der Waals surface area contributed by atoms with Crippen LogP contribution in [0.15, 0.2) is 502 Å². The van der Waals surface area contributed by atoms with Crippen LogP contribution in [0.3, 0.4) is 0 Å². The molecule has 20 heteroatoms. The van der Waals surface area contributed by atoms with E-state index in [-0.39, 0.29) is 50.7 Å². The van der Waals surface area contributed by atoms with E-state index in [1.165, 1.54) is 0 Å². The van der Waals surface area contributed by atoms with E-state index in [0.29, 0.717) is 45.9 Å². The molecule has 0 aliphatic heterocycles. The second-order valence-electron chi connectivity index (χ2n) is 31.2. The predicted molar refractivity (Wildman–Crippen MR) is 606 cm³/mol. The van der Waals surface area contributed by atoms with Crippen LogP contribution in [-0.2, 0) is 0 Å². The number of para-hydroxylation sites is 12. The minimum atomic E-state index is -0.786. The summed E-state index contributed by atoms with van der Waals surface area (Å²) in [5, 5.41) is 0.682. The summed E-state index contributed by atoms with van der Waals surface area (Å²) in [7, 11) is 6.40. The van der Waals surface area contributed by atoms with Gasteiger partial charge in [-0.25, -0.2) is 0 Å². The molecule has 0 heterocycles. The Balaban J connectivity index is 0.000000240. The molecule has 0 aliphatic carbocycles. The third-order valence-corrected chi connectivity index (χ3v) is 21.2. The van der Waals surface area contributed by atoms with Gasteiger partial charge in [-0.05, 0) is 263 Å². The molecule has 18 aromatic rings. The van der Waals surface area contributed by atoms with Gasteiger partial charge in [0, 0.05) is 49.4 Å². The Bertz CT molecular complexity index is 6250. The Labute approximate surface area is 894 Å². The number of ether oxygens (including phenoxy) is 18. The zero-order valence-electron chi connectivity index (χ0n) is 80.2. The standard InChI is InChI=1S/C22H22O5.C22H22O3.C21H20O3.C20H18O3.C19H15BrO2.C19H15ClO2.6CH4/c1-23-18-14-19(24-2)21(20(15-18)25-3)22(26-16-10-6-4-7-11-16)27-17-12-8-5-9-13-17;1-17(2)23-21-15-13-18(14-16-21)22(24-19-9-5-3-6-10-19)25-20-11-7-4-8-12-20;1-2-22-18-15-13-17(14-16-18)21(23-19-9-5-3-6-10-19)24-20-11-7-4-8-12-20;1-21-17-14-12-16(13-15-17)20(22-18-8-4-2-5-9-18)23-19-10-6-3-7-11-19;20-16-9-7-8-15(14-16)19(21-17-10-3-1-4-11-17)22-18-12-5-2-6-13-18;20-16-13-11-15(12-14-16)19(21-17-7-3-1-4-8-17)22-18-9-5-2-6-10-18;;;;;;/h4-15,22H,1-3H3;3-17,22H,1-2H3;3-16,21H,2H2,1H3;2-15,20H,1H3;2*1-14,19H;6*1H4. The first-order valence-electron chi connectivity index (χ1n) is 46.3. The zero-order valence-corrected chi connectivity index (χ0v) is 82.5. The molecule has 0 saturated heterocycles. The summed E-state index contributed by atoms with van der Waals surface area (Å²) in [4.78, 5) is 0. The maximum absolute atomic E-state index is 6.14. The average Bonchev–Trinajstić information content (AvgIpc) is 0.797. The van der Waals surface area contributed by atoms with Crippen LogP contribution in [0.4, 0.5) is 0 Å². The Morgan fingerprint density at radius 1 is 0.195 bits per heavy atom. The van der Waals surface area contributed by atoms with E-state index in [9.17, 15) is 0 Å². The third kappa shape index (κ3) is 40.6. The van der Waals surface area contributed by atoms with Crippen LogP contribution in [0.5, 0.6) is 103 Å². The molecule has 0 aromatic heterocycles. The molecule has 0 amide bonds. The minimum Gasteiger partial charge on any atom is -0.497 e. The van der Waals surface area contributed by atoms with Gasteiger partial charge in [-0.15, -0.1) is 0 Å². The Morgan fingerprint density at radius 3 is 0.604 bits per heavy atom. The smallest absolute Gasteiger partial charge is 0.274 e. The number of rotatable bonds is 38. The molecule has 18 aromatic carbocycles. The lowest BCUT2D eigenvalue weighted by molar-refractivity contribution is 0.000170. The highest BCUT2D eigenvalue weighted by Crippen LogP contribution is 2.42. The van der Waals surface area contributed by atoms with Gasteiger partial charge in [0.05, 0.1) is 41.2 Å². The van der Waals surface area contributed by atoms with Crippen molar-refractivity contribution >= 4 is 27.5 Å². The van der Waals surface area contributed by atoms with Crippen LogP contribution < -0.4 is 85.3 Å². The Hall–Kier alpha value is -16.9. The molecule has 0 atom stereocenters. The fraction of sp³-hybridized carbons (Fsp3) is 0.163. The molecule has 0 unspecified atom stereocenters. The van der Waals surface area contributed by atoms with E-state index in [0.717, 1.165) is 107 Å². The average molecular weight is 2090 g/mol. The summed E-state index contributed by atoms with van der Waals surface area (Å²) in [5.41, 5.74) is 5.24. The molecule has 0 radical (unpaired) electrons. The van der Waals surface area contributed by atoms with Crippen LogP contribution >= 0.6 is 27.5 Å². The van der Waals surface area contributed by atoms with Crippen LogP contribution in [0.1, 0.15) is 136 Å². The summed E-state index contributed by atoms with van der Waals surface area (Å²) < 4.78 is 106. The summed E-state index contributed by atoms with van der Waals surface area (Å²) in [6.07, 6.45) is -3.31. The molecule has 149 heavy (non-hydrogen) atoms. The van der Waals surface area contributed by atoms with E-state index in [1.807, 2.05) is 506 Å². The molecule has 18 rings (SSSR count). The van der Waals surface area contributed by atoms with Crippen molar-refractivity contribution in [1.82, 2.24) is 0 Å². The maximum Gasteiger partial charge on any atom is 0.274 e. The zero-order chi connectivity index (χ0) is 99.5. The monoisotopic (exact) mass is 2090 g/mol. The largest absolute Gasteiger partial charge is 0.497 e. The molecule has 774 valence electrons. The third-order valence-electron chi connectivity index (χ3n) is 20.5. The lowest BCUT2D eigenvalue weighted by atomic mass is 10.1. The van der Waals surface area contributed by atoms with E-state index in [1.54, 1.807) is 40.6 Å². The molecule has 0 spiro atoms. The van der Waals surface area contributed by atoms with Gasteiger partial charge < -0.3 is 85.3 Å². The normalized spacial score (nSPS) is 10.0. The van der Waals surface area contributed by atoms with Crippen molar-refractivity contribution in [1.29, 1.82) is 0 Å². The van der Waals surface area contributed by atoms with Crippen molar-refractivity contribution in [2.75, 3.05) is 35.0 Å². The second-order valence-corrected chi connectivity index (χ2v) is 32.6. The first kappa shape index (κ1) is 119. The molecule has 0 fully saturated rings. The highest BCUT2D eigenvalue weighted by atomic mass is 79.9. The lowest BCUT2D eigenvalue weighted by Crippen LogP contribution is -2.17. The van der Waals surface area contributed by atoms with Crippen molar-refractivity contribution in [3.05, 3.63) is 540 Å². The van der Waals surface area contributed by atoms with E-state index in [4.69, 9.17) is 96.9 Å². The number of benzene rings is 18. The highest BCUT2D eigenvalue weighted by molar-refractivity contribution is 9.10. The first-order valence-corrected chi connectivity index (χ1v) is 47.5. The van der Waals surface area contributed by atoms with Crippen LogP contribution in [0, 0.1) is 0 Å². The number of hydrogen-bond acceptors (Lipinski definition) is 18. The van der Waals surface area contributed by atoms with Crippen LogP contribution in [-0.4, -0.2) is 41.2 Å². The molecule has 0 saturated carbocycles. The van der Waals surface area contributed by atoms with Gasteiger partial charge in [0.1, 0.15) is 109 Å². The van der Waals surface area contributed by atoms with Gasteiger partial charge in [-0.2, -0.15) is 0 Å². The molecule has 0 bridgehead atoms. The van der Waals surface area contributed by atoms with E-state index in [2.05, 4.69) is 15.9 Å². The highest BCUT2D eigenvalue weighted by Gasteiger charge is 2.28. The van der Waals surface area contributed by atoms with Crippen molar-refractivity contribution in [3.63, 3.8) is 0 Å². The lowest BCUT2D eigenvalue weighted by Gasteiger charge is -2.24. The Kier molecular flexibility index (Phi) is 52.9. The molecule has 0 aliphatic rings. The number of methoxy groups -OCH3 is 4. The fourth-order valence-corrected chi connectivity index (χ4v) is 14.1. The van der Waals surface area contributed by atoms with E-state index >= 15 is 0 Å². The van der Waals surface area contributed by atoms with Gasteiger partial charge in [-0.3, -0.25) is 0 Å². The Morgan fingerprint density at radius 2 is 0.396 bits per heavy atom. The SMILES string of the molecule is Brc1cccc(C(Oc2ccccc2)Oc2ccccc2)c1.C.C.C.C.C.C.CC(C)Oc1ccc(C(Oc2ccccc2)Oc2ccccc2)cc1.CCOc1ccc(C(Oc2ccccc2)Oc2ccccc2)cc1.COc1cc(OC)c(C(Oc2ccccc2)Oc2ccccc2)c(OC)c1.COc1ccc(C(Oc2ccccc2)Oc2ccccc2)cc1.Clc1ccc(C(Oc2ccccc2)Oc2ccccc2)cc1. The van der Waals surface area contributed by atoms with Crippen molar-refractivity contribution in [2.24, 2.45) is 0 Å². The van der Waals surface area contributed by atoms with Crippen molar-refractivity contribution in [2.45, 2.75) is 109 Å². The topological polar surface area (TPSA) is 166 Å². The summed E-state index contributed by atoms with van der Waals surface area (Å²) in [5.74, 6) is 13.1. The van der Waals surface area contributed by atoms with Gasteiger partial charge >= 0.3 is 0 Å². The van der Waals surface area contributed by atoms with Gasteiger partial charge in [0.15, 0.2) is 0 Å². The maximum atomic E-state index is 6.14. The summed E-state index contributed by atoms with van der Waals surface area (Å²) >= 11 is 9.45. The minimum absolute atomic E-state index is 0. The van der Waals surface area contributed by atoms with Gasteiger partial charge in [0.2, 0.25) is 0 Å². The molecular weight excluding hydrogens is 1950 g/mol. The summed E-state index contributed by atoms with van der Waals surface area (Å²) in [6, 6.07) is 158. The van der Waals surface area contributed by atoms with Gasteiger partial charge in [0.25, 0.3) is 37.7 Å². The van der Waals surface area contributed by atoms with Gasteiger partial charge in [-0.1, -0.05) is 315 Å². The van der Waals surface area contributed by atoms with Crippen molar-refractivity contribution < 1.29 is 85.3 Å². The van der Waals surface area contributed by atoms with Crippen LogP contribution in [0.2, 0.25) is 5.02 Å². The second kappa shape index (κ2) is 66.2. The summed E-state index contributed by atoms with van der Waals surface area (Å²) in [6.45, 7) is 6.62. The molecule has 18 nitrogen and oxygen atoms in total. The quantitative estimate of drug-likeness (QED) is 0.0335. The van der Waals surface area contributed by atoms with Crippen molar-refractivity contribution in [3.8, 4) is 103 Å².